The van der Waals surface area contributed by atoms with Gasteiger partial charge in [-0.1, -0.05) is 0 Å². The van der Waals surface area contributed by atoms with E-state index in [0.29, 0.717) is 48.9 Å². The number of amides is 1. The lowest BCUT2D eigenvalue weighted by Crippen LogP contribution is -2.51. The molecule has 0 aliphatic carbocycles. The first-order valence-corrected chi connectivity index (χ1v) is 13.0. The maximum Gasteiger partial charge on any atom is 0.259 e. The first-order valence-electron chi connectivity index (χ1n) is 11.1. The number of aryl methyl sites for hydroxylation is 3. The average Bonchev–Trinajstić information content (AvgIpc) is 3.40. The molecule has 1 amide bonds. The number of hydrogen-bond acceptors (Lipinski definition) is 9. The Balaban J connectivity index is 1.21. The standard InChI is InChI=1S/C22H26N8O2S2/c1-12-9-17(30-22(25-12)23-11-24-30)28-5-7-29(8-6-28)21(32)15(4)33-10-16-26-19(31)18-13(2)14(3)34-20(18)27-16/h9,11,15H,5-8,10H2,1-4H3,(H,26,27,31)/t15-/m1/s1. The van der Waals surface area contributed by atoms with Crippen LogP contribution in [0.4, 0.5) is 5.82 Å². The highest BCUT2D eigenvalue weighted by Gasteiger charge is 2.27. The molecule has 1 aliphatic heterocycles. The summed E-state index contributed by atoms with van der Waals surface area (Å²) in [5, 5.41) is 4.73. The van der Waals surface area contributed by atoms with Gasteiger partial charge in [0, 0.05) is 42.8 Å². The predicted octanol–water partition coefficient (Wildman–Crippen LogP) is 2.32. The molecule has 0 saturated carbocycles. The van der Waals surface area contributed by atoms with Crippen molar-refractivity contribution in [1.29, 1.82) is 0 Å². The predicted molar refractivity (Wildman–Crippen MR) is 135 cm³/mol. The first-order chi connectivity index (χ1) is 16.3. The minimum Gasteiger partial charge on any atom is -0.353 e. The summed E-state index contributed by atoms with van der Waals surface area (Å²) in [5.74, 6) is 2.72. The number of carbonyl (C=O) groups excluding carboxylic acids is 1. The summed E-state index contributed by atoms with van der Waals surface area (Å²) >= 11 is 3.03. The number of rotatable bonds is 5. The van der Waals surface area contributed by atoms with Crippen molar-refractivity contribution in [1.82, 2.24) is 34.4 Å². The van der Waals surface area contributed by atoms with Gasteiger partial charge in [-0.05, 0) is 33.3 Å². The SMILES string of the molecule is Cc1cc(N2CCN(C(=O)[C@@H](C)SCc3nc4sc(C)c(C)c4c(=O)[nH]3)CC2)n2ncnc2n1. The van der Waals surface area contributed by atoms with Gasteiger partial charge >= 0.3 is 0 Å². The van der Waals surface area contributed by atoms with Crippen molar-refractivity contribution in [2.45, 2.75) is 38.7 Å². The second-order valence-corrected chi connectivity index (χ2v) is 11.0. The smallest absolute Gasteiger partial charge is 0.259 e. The maximum atomic E-state index is 13.1. The lowest BCUT2D eigenvalue weighted by molar-refractivity contribution is -0.130. The van der Waals surface area contributed by atoms with E-state index in [9.17, 15) is 9.59 Å². The molecule has 5 heterocycles. The van der Waals surface area contributed by atoms with Crippen LogP contribution in [-0.2, 0) is 10.5 Å². The van der Waals surface area contributed by atoms with Crippen LogP contribution in [0.25, 0.3) is 16.0 Å². The Bertz CT molecular complexity index is 1430. The molecule has 4 aromatic rings. The molecule has 1 N–H and O–H groups in total. The fourth-order valence-corrected chi connectivity index (χ4v) is 6.08. The number of aromatic amines is 1. The van der Waals surface area contributed by atoms with Gasteiger partial charge in [0.25, 0.3) is 11.3 Å². The van der Waals surface area contributed by atoms with Crippen molar-refractivity contribution in [3.8, 4) is 0 Å². The van der Waals surface area contributed by atoms with Gasteiger partial charge < -0.3 is 14.8 Å². The van der Waals surface area contributed by atoms with Crippen LogP contribution < -0.4 is 10.5 Å². The molecule has 0 bridgehead atoms. The number of anilines is 1. The summed E-state index contributed by atoms with van der Waals surface area (Å²) in [5.41, 5.74) is 1.77. The molecule has 1 aliphatic rings. The van der Waals surface area contributed by atoms with Crippen molar-refractivity contribution in [2.24, 2.45) is 0 Å². The fraction of sp³-hybridized carbons (Fsp3) is 0.455. The second-order valence-electron chi connectivity index (χ2n) is 8.47. The number of H-pyrrole nitrogens is 1. The lowest BCUT2D eigenvalue weighted by atomic mass is 10.2. The van der Waals surface area contributed by atoms with E-state index in [1.54, 1.807) is 4.52 Å². The third kappa shape index (κ3) is 4.16. The highest BCUT2D eigenvalue weighted by molar-refractivity contribution is 7.99. The average molecular weight is 499 g/mol. The van der Waals surface area contributed by atoms with Gasteiger partial charge in [0.2, 0.25) is 5.91 Å². The molecule has 0 aromatic carbocycles. The molecule has 0 spiro atoms. The van der Waals surface area contributed by atoms with E-state index in [0.717, 1.165) is 26.8 Å². The van der Waals surface area contributed by atoms with E-state index >= 15 is 0 Å². The normalized spacial score (nSPS) is 15.4. The van der Waals surface area contributed by atoms with Crippen LogP contribution in [0.1, 0.15) is 28.9 Å². The van der Waals surface area contributed by atoms with Crippen LogP contribution in [0.2, 0.25) is 0 Å². The van der Waals surface area contributed by atoms with Crippen molar-refractivity contribution in [2.75, 3.05) is 31.1 Å². The highest BCUT2D eigenvalue weighted by atomic mass is 32.2. The zero-order valence-corrected chi connectivity index (χ0v) is 21.2. The minimum absolute atomic E-state index is 0.104. The van der Waals surface area contributed by atoms with Crippen LogP contribution in [0.3, 0.4) is 0 Å². The van der Waals surface area contributed by atoms with Gasteiger partial charge in [0.05, 0.1) is 16.4 Å². The summed E-state index contributed by atoms with van der Waals surface area (Å²) < 4.78 is 1.74. The summed E-state index contributed by atoms with van der Waals surface area (Å²) in [6, 6.07) is 2.00. The Morgan fingerprint density at radius 2 is 1.97 bits per heavy atom. The van der Waals surface area contributed by atoms with Gasteiger partial charge in [-0.3, -0.25) is 9.59 Å². The number of thioether (sulfide) groups is 1. The van der Waals surface area contributed by atoms with Crippen LogP contribution in [0.15, 0.2) is 17.2 Å². The third-order valence-electron chi connectivity index (χ3n) is 6.18. The van der Waals surface area contributed by atoms with E-state index in [1.807, 2.05) is 38.7 Å². The molecule has 10 nitrogen and oxygen atoms in total. The fourth-order valence-electron chi connectivity index (χ4n) is 4.19. The summed E-state index contributed by atoms with van der Waals surface area (Å²) in [6.45, 7) is 10.5. The quantitative estimate of drug-likeness (QED) is 0.446. The first kappa shape index (κ1) is 22.8. The molecule has 178 valence electrons. The minimum atomic E-state index is -0.232. The summed E-state index contributed by atoms with van der Waals surface area (Å²) in [4.78, 5) is 47.7. The van der Waals surface area contributed by atoms with Gasteiger partial charge in [-0.25, -0.2) is 9.97 Å². The molecule has 5 rings (SSSR count). The Hall–Kier alpha value is -2.99. The number of nitrogens with zero attached hydrogens (tertiary/aromatic N) is 7. The van der Waals surface area contributed by atoms with Crippen LogP contribution in [0.5, 0.6) is 0 Å². The molecule has 12 heteroatoms. The van der Waals surface area contributed by atoms with E-state index < -0.39 is 0 Å². The molecule has 34 heavy (non-hydrogen) atoms. The number of nitrogens with one attached hydrogen (secondary N) is 1. The Morgan fingerprint density at radius 1 is 1.21 bits per heavy atom. The van der Waals surface area contributed by atoms with Gasteiger partial charge in [-0.2, -0.15) is 14.6 Å². The Morgan fingerprint density at radius 3 is 2.74 bits per heavy atom. The van der Waals surface area contributed by atoms with Gasteiger partial charge in [0.1, 0.15) is 22.8 Å². The van der Waals surface area contributed by atoms with Crippen LogP contribution in [-0.4, -0.2) is 71.8 Å². The number of carbonyl (C=O) groups is 1. The molecule has 1 fully saturated rings. The van der Waals surface area contributed by atoms with E-state index in [4.69, 9.17) is 0 Å². The molecule has 0 unspecified atom stereocenters. The third-order valence-corrected chi connectivity index (χ3v) is 8.43. The largest absolute Gasteiger partial charge is 0.353 e. The van der Waals surface area contributed by atoms with Crippen molar-refractivity contribution >= 4 is 50.8 Å². The van der Waals surface area contributed by atoms with Crippen molar-refractivity contribution < 1.29 is 4.79 Å². The van der Waals surface area contributed by atoms with Crippen LogP contribution >= 0.6 is 23.1 Å². The second kappa shape index (κ2) is 8.99. The highest BCUT2D eigenvalue weighted by Crippen LogP contribution is 2.27. The van der Waals surface area contributed by atoms with Gasteiger partial charge in [0.15, 0.2) is 0 Å². The molecule has 4 aromatic heterocycles. The summed E-state index contributed by atoms with van der Waals surface area (Å²) in [6.07, 6.45) is 1.50. The molecule has 0 radical (unpaired) electrons. The molecule has 1 saturated heterocycles. The maximum absolute atomic E-state index is 13.1. The van der Waals surface area contributed by atoms with Crippen molar-refractivity contribution in [3.63, 3.8) is 0 Å². The number of hydrogen-bond donors (Lipinski definition) is 1. The number of thiophene rings is 1. The number of piperazine rings is 1. The number of fused-ring (bicyclic) bond motifs is 2. The molecular weight excluding hydrogens is 472 g/mol. The molecular formula is C22H26N8O2S2. The Labute approximate surface area is 204 Å². The van der Waals surface area contributed by atoms with Gasteiger partial charge in [-0.15, -0.1) is 23.1 Å². The number of aromatic nitrogens is 6. The van der Waals surface area contributed by atoms with Crippen LogP contribution in [0, 0.1) is 20.8 Å². The lowest BCUT2D eigenvalue weighted by Gasteiger charge is -2.36. The Kier molecular flexibility index (Phi) is 6.02. The zero-order chi connectivity index (χ0) is 24.0. The zero-order valence-electron chi connectivity index (χ0n) is 19.5. The van der Waals surface area contributed by atoms with E-state index in [-0.39, 0.29) is 16.7 Å². The topological polar surface area (TPSA) is 112 Å². The van der Waals surface area contributed by atoms with E-state index in [1.165, 1.54) is 29.4 Å². The van der Waals surface area contributed by atoms with Crippen molar-refractivity contribution in [3.05, 3.63) is 44.7 Å². The monoisotopic (exact) mass is 498 g/mol. The molecule has 1 atom stereocenters. The van der Waals surface area contributed by atoms with E-state index in [2.05, 4.69) is 29.9 Å². The summed E-state index contributed by atoms with van der Waals surface area (Å²) in [7, 11) is 0.